The summed E-state index contributed by atoms with van der Waals surface area (Å²) in [5, 5.41) is 17.1. The third kappa shape index (κ3) is 5.29. The summed E-state index contributed by atoms with van der Waals surface area (Å²) in [5.41, 5.74) is 1.16. The van der Waals surface area contributed by atoms with E-state index in [-0.39, 0.29) is 23.0 Å². The van der Waals surface area contributed by atoms with Crippen LogP contribution in [0.4, 0.5) is 5.69 Å². The molecular weight excluding hydrogens is 677 g/mol. The van der Waals surface area contributed by atoms with E-state index >= 15 is 0 Å². The summed E-state index contributed by atoms with van der Waals surface area (Å²) in [6.45, 7) is 0. The highest BCUT2D eigenvalue weighted by Gasteiger charge is 2.18. The Morgan fingerprint density at radius 2 is 1.95 bits per heavy atom. The minimum atomic E-state index is -0.541. The maximum atomic E-state index is 13.6. The van der Waals surface area contributed by atoms with Crippen molar-refractivity contribution in [1.29, 1.82) is 0 Å². The number of nitro groups is 1. The van der Waals surface area contributed by atoms with Crippen LogP contribution < -0.4 is 15.0 Å². The number of aromatic nitrogens is 3. The van der Waals surface area contributed by atoms with E-state index in [4.69, 9.17) is 30.5 Å². The van der Waals surface area contributed by atoms with Crippen LogP contribution in [0.15, 0.2) is 93.3 Å². The Bertz CT molecular complexity index is 2090. The third-order valence-corrected chi connectivity index (χ3v) is 7.20. The Morgan fingerprint density at radius 1 is 1.12 bits per heavy atom. The maximum absolute atomic E-state index is 13.6. The largest absolute Gasteiger partial charge is 0.493 e. The molecule has 3 heterocycles. The fourth-order valence-corrected chi connectivity index (χ4v) is 5.11. The first kappa shape index (κ1) is 27.4. The van der Waals surface area contributed by atoms with E-state index in [0.717, 1.165) is 11.6 Å². The number of ether oxygens (including phenoxy) is 2. The molecule has 0 saturated heterocycles. The Kier molecular flexibility index (Phi) is 7.31. The number of methoxy groups -OCH3 is 1. The molecule has 6 aromatic rings. The van der Waals surface area contributed by atoms with Crippen LogP contribution >= 0.6 is 34.2 Å². The number of para-hydroxylation sites is 1. The summed E-state index contributed by atoms with van der Waals surface area (Å²) in [5.74, 6) is 1.44. The van der Waals surface area contributed by atoms with Crippen LogP contribution in [0.2, 0.25) is 5.02 Å². The van der Waals surface area contributed by atoms with E-state index in [1.165, 1.54) is 30.1 Å². The number of rotatable bonds is 7. The molecule has 0 unspecified atom stereocenters. The molecule has 208 valence electrons. The molecule has 42 heavy (non-hydrogen) atoms. The van der Waals surface area contributed by atoms with E-state index < -0.39 is 4.92 Å². The SMILES string of the molecule is COc1cc(C=Nn2c(-c3cc4cc(Cl)ccc4o3)nc3ccccc3c2=O)cc(I)c1Oc1ccc([N+](=O)[O-])cn1. The van der Waals surface area contributed by atoms with Crippen molar-refractivity contribution in [1.82, 2.24) is 14.6 Å². The van der Waals surface area contributed by atoms with Gasteiger partial charge in [-0.3, -0.25) is 14.9 Å². The molecule has 0 saturated carbocycles. The van der Waals surface area contributed by atoms with E-state index in [1.807, 2.05) is 0 Å². The zero-order valence-electron chi connectivity index (χ0n) is 21.5. The fraction of sp³-hybridized carbons (Fsp3) is 0.0345. The van der Waals surface area contributed by atoms with Gasteiger partial charge in [0.1, 0.15) is 11.8 Å². The van der Waals surface area contributed by atoms with Gasteiger partial charge in [-0.15, -0.1) is 0 Å². The second kappa shape index (κ2) is 11.2. The molecule has 0 radical (unpaired) electrons. The van der Waals surface area contributed by atoms with Gasteiger partial charge in [-0.05, 0) is 76.7 Å². The first-order valence-electron chi connectivity index (χ1n) is 12.2. The highest BCUT2D eigenvalue weighted by atomic mass is 127. The molecule has 0 fully saturated rings. The Labute approximate surface area is 255 Å². The summed E-state index contributed by atoms with van der Waals surface area (Å²) in [7, 11) is 1.48. The number of benzene rings is 3. The van der Waals surface area contributed by atoms with Crippen LogP contribution in [0.3, 0.4) is 0 Å². The molecule has 0 atom stereocenters. The summed E-state index contributed by atoms with van der Waals surface area (Å²) in [4.78, 5) is 32.6. The van der Waals surface area contributed by atoms with Gasteiger partial charge in [0.15, 0.2) is 17.3 Å². The Balaban J connectivity index is 1.41. The number of fused-ring (bicyclic) bond motifs is 2. The van der Waals surface area contributed by atoms with E-state index in [0.29, 0.717) is 47.9 Å². The molecule has 3 aromatic carbocycles. The quantitative estimate of drug-likeness (QED) is 0.0751. The molecule has 0 spiro atoms. The third-order valence-electron chi connectivity index (χ3n) is 6.16. The predicted octanol–water partition coefficient (Wildman–Crippen LogP) is 7.05. The molecule has 0 aliphatic heterocycles. The lowest BCUT2D eigenvalue weighted by molar-refractivity contribution is -0.385. The second-order valence-corrected chi connectivity index (χ2v) is 10.5. The number of hydrogen-bond acceptors (Lipinski definition) is 9. The van der Waals surface area contributed by atoms with Gasteiger partial charge in [-0.25, -0.2) is 9.97 Å². The van der Waals surface area contributed by atoms with Crippen LogP contribution in [-0.2, 0) is 0 Å². The standard InChI is InChI=1S/C29H17ClIN5O6/c1-40-24-11-16(10-21(31)27(24)42-26-9-7-19(15-32-26)36(38)39)14-33-35-28(34-22-5-3-2-4-20(22)29(35)37)25-13-17-12-18(30)6-8-23(17)41-25/h2-15H,1H3. The number of hydrogen-bond donors (Lipinski definition) is 0. The van der Waals surface area contributed by atoms with Crippen LogP contribution in [-0.4, -0.2) is 32.9 Å². The van der Waals surface area contributed by atoms with Crippen LogP contribution in [0.1, 0.15) is 5.56 Å². The molecule has 3 aromatic heterocycles. The molecular formula is C29H17ClIN5O6. The topological polar surface area (TPSA) is 135 Å². The Hall–Kier alpha value is -4.82. The van der Waals surface area contributed by atoms with Crippen molar-refractivity contribution in [2.75, 3.05) is 7.11 Å². The van der Waals surface area contributed by atoms with Gasteiger partial charge >= 0.3 is 0 Å². The van der Waals surface area contributed by atoms with Crippen molar-refractivity contribution in [3.05, 3.63) is 114 Å². The Morgan fingerprint density at radius 3 is 2.71 bits per heavy atom. The number of pyridine rings is 1. The summed E-state index contributed by atoms with van der Waals surface area (Å²) >= 11 is 8.22. The predicted molar refractivity (Wildman–Crippen MR) is 166 cm³/mol. The van der Waals surface area contributed by atoms with Crippen molar-refractivity contribution in [3.8, 4) is 29.0 Å². The van der Waals surface area contributed by atoms with Crippen LogP contribution in [0.25, 0.3) is 33.5 Å². The minimum Gasteiger partial charge on any atom is -0.493 e. The number of furan rings is 1. The van der Waals surface area contributed by atoms with Gasteiger partial charge in [-0.1, -0.05) is 23.7 Å². The van der Waals surface area contributed by atoms with E-state index in [2.05, 4.69) is 32.7 Å². The number of nitrogens with zero attached hydrogens (tertiary/aromatic N) is 5. The zero-order chi connectivity index (χ0) is 29.4. The highest BCUT2D eigenvalue weighted by molar-refractivity contribution is 14.1. The van der Waals surface area contributed by atoms with Crippen molar-refractivity contribution in [2.45, 2.75) is 0 Å². The minimum absolute atomic E-state index is 0.153. The molecule has 0 aliphatic carbocycles. The van der Waals surface area contributed by atoms with Gasteiger partial charge in [-0.2, -0.15) is 9.78 Å². The van der Waals surface area contributed by atoms with Crippen molar-refractivity contribution in [3.63, 3.8) is 0 Å². The first-order valence-corrected chi connectivity index (χ1v) is 13.7. The van der Waals surface area contributed by atoms with Crippen molar-refractivity contribution < 1.29 is 18.8 Å². The van der Waals surface area contributed by atoms with Gasteiger partial charge in [0.05, 0.1) is 32.7 Å². The van der Waals surface area contributed by atoms with Crippen molar-refractivity contribution >= 4 is 68.0 Å². The lowest BCUT2D eigenvalue weighted by Crippen LogP contribution is -2.20. The van der Waals surface area contributed by atoms with Crippen molar-refractivity contribution in [2.24, 2.45) is 5.10 Å². The molecule has 0 N–H and O–H groups in total. The molecule has 0 bridgehead atoms. The second-order valence-electron chi connectivity index (χ2n) is 8.85. The molecule has 0 amide bonds. The molecule has 6 rings (SSSR count). The van der Waals surface area contributed by atoms with Gasteiger partial charge in [0.2, 0.25) is 11.7 Å². The number of halogens is 2. The zero-order valence-corrected chi connectivity index (χ0v) is 24.4. The summed E-state index contributed by atoms with van der Waals surface area (Å²) in [6, 6.07) is 20.1. The van der Waals surface area contributed by atoms with E-state index in [9.17, 15) is 14.9 Å². The molecule has 0 aliphatic rings. The lowest BCUT2D eigenvalue weighted by atomic mass is 10.2. The van der Waals surface area contributed by atoms with Gasteiger partial charge < -0.3 is 13.9 Å². The van der Waals surface area contributed by atoms with E-state index in [1.54, 1.807) is 60.7 Å². The normalized spacial score (nSPS) is 11.4. The molecule has 13 heteroatoms. The van der Waals surface area contributed by atoms with Crippen LogP contribution in [0.5, 0.6) is 17.4 Å². The lowest BCUT2D eigenvalue weighted by Gasteiger charge is -2.12. The molecule has 11 nitrogen and oxygen atoms in total. The monoisotopic (exact) mass is 693 g/mol. The summed E-state index contributed by atoms with van der Waals surface area (Å²) < 4.78 is 19.3. The van der Waals surface area contributed by atoms with Gasteiger partial charge in [0, 0.05) is 22.5 Å². The highest BCUT2D eigenvalue weighted by Crippen LogP contribution is 2.37. The van der Waals surface area contributed by atoms with Gasteiger partial charge in [0.25, 0.3) is 11.2 Å². The fourth-order valence-electron chi connectivity index (χ4n) is 4.20. The smallest absolute Gasteiger partial charge is 0.287 e. The summed E-state index contributed by atoms with van der Waals surface area (Å²) in [6.07, 6.45) is 2.61. The average molecular weight is 694 g/mol. The van der Waals surface area contributed by atoms with Crippen LogP contribution in [0, 0.1) is 13.7 Å². The average Bonchev–Trinajstić information content (AvgIpc) is 3.41. The first-order chi connectivity index (χ1) is 20.3. The maximum Gasteiger partial charge on any atom is 0.287 e.